The Morgan fingerprint density at radius 1 is 1.23 bits per heavy atom. The van der Waals surface area contributed by atoms with Crippen LogP contribution in [0.2, 0.25) is 5.02 Å². The van der Waals surface area contributed by atoms with Gasteiger partial charge in [-0.05, 0) is 37.3 Å². The number of rotatable bonds is 5. The topological polar surface area (TPSA) is 61.8 Å². The Bertz CT molecular complexity index is 842. The van der Waals surface area contributed by atoms with E-state index in [1.165, 1.54) is 11.8 Å². The SMILES string of the molecule is CCN1C(=O)[C@@H](CC(=O)Nc2ccccc2)SC1=Nc1cccc(Cl)c1. The van der Waals surface area contributed by atoms with Gasteiger partial charge in [0.15, 0.2) is 5.17 Å². The van der Waals surface area contributed by atoms with E-state index in [0.29, 0.717) is 28.1 Å². The zero-order valence-electron chi connectivity index (χ0n) is 14.2. The van der Waals surface area contributed by atoms with Gasteiger partial charge in [-0.3, -0.25) is 14.5 Å². The van der Waals surface area contributed by atoms with Gasteiger partial charge in [-0.25, -0.2) is 4.99 Å². The van der Waals surface area contributed by atoms with Gasteiger partial charge in [-0.15, -0.1) is 0 Å². The molecule has 0 unspecified atom stereocenters. The summed E-state index contributed by atoms with van der Waals surface area (Å²) >= 11 is 7.31. The van der Waals surface area contributed by atoms with E-state index in [2.05, 4.69) is 10.3 Å². The Kier molecular flexibility index (Phi) is 5.96. The van der Waals surface area contributed by atoms with Crippen LogP contribution in [-0.2, 0) is 9.59 Å². The van der Waals surface area contributed by atoms with E-state index in [9.17, 15) is 9.59 Å². The molecule has 0 aliphatic carbocycles. The molecule has 0 saturated carbocycles. The zero-order chi connectivity index (χ0) is 18.5. The number of amidine groups is 1. The van der Waals surface area contributed by atoms with Crippen LogP contribution in [0.3, 0.4) is 0 Å². The summed E-state index contributed by atoms with van der Waals surface area (Å²) in [4.78, 5) is 31.0. The van der Waals surface area contributed by atoms with Crippen LogP contribution in [0.4, 0.5) is 11.4 Å². The number of amides is 2. The largest absolute Gasteiger partial charge is 0.326 e. The number of halogens is 1. The van der Waals surface area contributed by atoms with Gasteiger partial charge in [0, 0.05) is 23.7 Å². The number of benzene rings is 2. The summed E-state index contributed by atoms with van der Waals surface area (Å²) < 4.78 is 0. The Labute approximate surface area is 161 Å². The number of nitrogens with one attached hydrogen (secondary N) is 1. The molecule has 2 amide bonds. The van der Waals surface area contributed by atoms with Crippen LogP contribution >= 0.6 is 23.4 Å². The van der Waals surface area contributed by atoms with Crippen molar-refractivity contribution in [1.82, 2.24) is 4.90 Å². The molecule has 3 rings (SSSR count). The van der Waals surface area contributed by atoms with E-state index >= 15 is 0 Å². The molecule has 1 atom stereocenters. The molecule has 0 spiro atoms. The van der Waals surface area contributed by atoms with Gasteiger partial charge in [0.05, 0.1) is 5.69 Å². The maximum atomic E-state index is 12.6. The molecule has 1 saturated heterocycles. The van der Waals surface area contributed by atoms with Gasteiger partial charge < -0.3 is 5.32 Å². The first kappa shape index (κ1) is 18.5. The van der Waals surface area contributed by atoms with Crippen molar-refractivity contribution < 1.29 is 9.59 Å². The second-order valence-corrected chi connectivity index (χ2v) is 7.29. The van der Waals surface area contributed by atoms with Gasteiger partial charge in [-0.1, -0.05) is 47.6 Å². The minimum absolute atomic E-state index is 0.0958. The highest BCUT2D eigenvalue weighted by Crippen LogP contribution is 2.32. The van der Waals surface area contributed by atoms with Gasteiger partial charge in [0.2, 0.25) is 11.8 Å². The van der Waals surface area contributed by atoms with E-state index in [0.717, 1.165) is 0 Å². The van der Waals surface area contributed by atoms with Crippen LogP contribution in [0.5, 0.6) is 0 Å². The fourth-order valence-electron chi connectivity index (χ4n) is 2.57. The third-order valence-electron chi connectivity index (χ3n) is 3.80. The molecular formula is C19H18ClN3O2S. The molecule has 5 nitrogen and oxygen atoms in total. The summed E-state index contributed by atoms with van der Waals surface area (Å²) in [6, 6.07) is 16.3. The molecule has 2 aromatic rings. The lowest BCUT2D eigenvalue weighted by Gasteiger charge is -2.13. The number of carbonyl (C=O) groups is 2. The fraction of sp³-hybridized carbons (Fsp3) is 0.211. The summed E-state index contributed by atoms with van der Waals surface area (Å²) in [5.74, 6) is -0.288. The van der Waals surface area contributed by atoms with Crippen LogP contribution in [-0.4, -0.2) is 33.7 Å². The maximum Gasteiger partial charge on any atom is 0.242 e. The quantitative estimate of drug-likeness (QED) is 0.831. The first-order valence-electron chi connectivity index (χ1n) is 8.24. The number of aliphatic imine (C=N–C) groups is 1. The number of hydrogen-bond acceptors (Lipinski definition) is 4. The Balaban J connectivity index is 1.71. The van der Waals surface area contributed by atoms with Crippen LogP contribution in [0.15, 0.2) is 59.6 Å². The molecule has 1 fully saturated rings. The van der Waals surface area contributed by atoms with E-state index in [1.54, 1.807) is 17.0 Å². The highest BCUT2D eigenvalue weighted by Gasteiger charge is 2.38. The second-order valence-electron chi connectivity index (χ2n) is 5.68. The molecule has 1 heterocycles. The molecule has 26 heavy (non-hydrogen) atoms. The summed E-state index contributed by atoms with van der Waals surface area (Å²) in [5, 5.41) is 3.52. The average molecular weight is 388 g/mol. The first-order chi connectivity index (χ1) is 12.6. The number of anilines is 1. The van der Waals surface area contributed by atoms with E-state index in [-0.39, 0.29) is 18.2 Å². The maximum absolute atomic E-state index is 12.6. The predicted molar refractivity (Wildman–Crippen MR) is 107 cm³/mol. The van der Waals surface area contributed by atoms with Crippen molar-refractivity contribution in [3.63, 3.8) is 0 Å². The Morgan fingerprint density at radius 3 is 2.69 bits per heavy atom. The van der Waals surface area contributed by atoms with Crippen molar-refractivity contribution >= 4 is 51.7 Å². The molecular weight excluding hydrogens is 370 g/mol. The number of carbonyl (C=O) groups excluding carboxylic acids is 2. The minimum atomic E-state index is -0.475. The van der Waals surface area contributed by atoms with Crippen LogP contribution < -0.4 is 5.32 Å². The smallest absolute Gasteiger partial charge is 0.242 e. The summed E-state index contributed by atoms with van der Waals surface area (Å²) in [7, 11) is 0. The van der Waals surface area contributed by atoms with E-state index in [1.807, 2.05) is 49.4 Å². The number of para-hydroxylation sites is 1. The molecule has 0 aromatic heterocycles. The van der Waals surface area contributed by atoms with Crippen molar-refractivity contribution in [3.8, 4) is 0 Å². The van der Waals surface area contributed by atoms with Gasteiger partial charge in [0.1, 0.15) is 5.25 Å². The number of nitrogens with zero attached hydrogens (tertiary/aromatic N) is 2. The van der Waals surface area contributed by atoms with E-state index in [4.69, 9.17) is 11.6 Å². The molecule has 134 valence electrons. The van der Waals surface area contributed by atoms with Crippen molar-refractivity contribution in [3.05, 3.63) is 59.6 Å². The predicted octanol–water partition coefficient (Wildman–Crippen LogP) is 4.32. The van der Waals surface area contributed by atoms with Crippen molar-refractivity contribution in [2.75, 3.05) is 11.9 Å². The van der Waals surface area contributed by atoms with E-state index < -0.39 is 5.25 Å². The molecule has 0 radical (unpaired) electrons. The first-order valence-corrected chi connectivity index (χ1v) is 9.49. The minimum Gasteiger partial charge on any atom is -0.326 e. The van der Waals surface area contributed by atoms with Crippen molar-refractivity contribution in [2.24, 2.45) is 4.99 Å². The van der Waals surface area contributed by atoms with Gasteiger partial charge in [0.25, 0.3) is 0 Å². The molecule has 2 aromatic carbocycles. The lowest BCUT2D eigenvalue weighted by molar-refractivity contribution is -0.128. The van der Waals surface area contributed by atoms with Crippen LogP contribution in [0.25, 0.3) is 0 Å². The highest BCUT2D eigenvalue weighted by atomic mass is 35.5. The average Bonchev–Trinajstić information content (AvgIpc) is 2.90. The molecule has 1 aliphatic heterocycles. The Hall–Kier alpha value is -2.31. The van der Waals surface area contributed by atoms with Crippen LogP contribution in [0.1, 0.15) is 13.3 Å². The molecule has 7 heteroatoms. The van der Waals surface area contributed by atoms with Crippen molar-refractivity contribution in [2.45, 2.75) is 18.6 Å². The van der Waals surface area contributed by atoms with Gasteiger partial charge >= 0.3 is 0 Å². The second kappa shape index (κ2) is 8.38. The molecule has 1 N–H and O–H groups in total. The standard InChI is InChI=1S/C19H18ClN3O2S/c1-2-23-18(25)16(12-17(24)21-14-8-4-3-5-9-14)26-19(23)22-15-10-6-7-13(20)11-15/h3-11,16H,2,12H2,1H3,(H,21,24)/t16-/m1/s1. The normalized spacial score (nSPS) is 18.4. The third-order valence-corrected chi connectivity index (χ3v) is 5.21. The summed E-state index contributed by atoms with van der Waals surface area (Å²) in [6.45, 7) is 2.39. The summed E-state index contributed by atoms with van der Waals surface area (Å²) in [5.41, 5.74) is 1.40. The fourth-order valence-corrected chi connectivity index (χ4v) is 3.98. The third kappa shape index (κ3) is 4.45. The lowest BCUT2D eigenvalue weighted by atomic mass is 10.2. The summed E-state index contributed by atoms with van der Waals surface area (Å²) in [6.07, 6.45) is 0.101. The molecule has 0 bridgehead atoms. The van der Waals surface area contributed by atoms with Crippen LogP contribution in [0, 0.1) is 0 Å². The highest BCUT2D eigenvalue weighted by molar-refractivity contribution is 8.15. The lowest BCUT2D eigenvalue weighted by Crippen LogP contribution is -2.33. The van der Waals surface area contributed by atoms with Crippen molar-refractivity contribution in [1.29, 1.82) is 0 Å². The zero-order valence-corrected chi connectivity index (χ0v) is 15.8. The number of hydrogen-bond donors (Lipinski definition) is 1. The molecule has 1 aliphatic rings. The number of thioether (sulfide) groups is 1. The van der Waals surface area contributed by atoms with Gasteiger partial charge in [-0.2, -0.15) is 0 Å². The monoisotopic (exact) mass is 387 g/mol. The Morgan fingerprint density at radius 2 is 2.00 bits per heavy atom.